The molecule has 4 fully saturated rings. The van der Waals surface area contributed by atoms with Crippen molar-refractivity contribution < 1.29 is 41.9 Å². The lowest BCUT2D eigenvalue weighted by Gasteiger charge is -2.34. The molecule has 0 aromatic rings. The molecule has 0 bridgehead atoms. The molecule has 0 aromatic carbocycles. The zero-order chi connectivity index (χ0) is 34.2. The van der Waals surface area contributed by atoms with Crippen LogP contribution in [0.4, 0.5) is 9.59 Å². The zero-order valence-electron chi connectivity index (χ0n) is 27.7. The Labute approximate surface area is 271 Å². The first-order valence-electron chi connectivity index (χ1n) is 16.0. The molecule has 4 rings (SSSR count). The molecule has 2 aliphatic heterocycles. The first kappa shape index (κ1) is 35.5. The molecule has 4 aliphatic rings. The van der Waals surface area contributed by atoms with E-state index < -0.39 is 85.8 Å². The van der Waals surface area contributed by atoms with Gasteiger partial charge in [0.1, 0.15) is 29.3 Å². The summed E-state index contributed by atoms with van der Waals surface area (Å²) in [4.78, 5) is 69.8. The molecule has 0 aromatic heterocycles. The first-order valence-corrected chi connectivity index (χ1v) is 17.6. The minimum atomic E-state index is -3.89. The molecule has 46 heavy (non-hydrogen) atoms. The Morgan fingerprint density at radius 2 is 1.63 bits per heavy atom. The molecule has 14 nitrogen and oxygen atoms in total. The molecule has 0 spiro atoms. The molecule has 2 saturated heterocycles. The van der Waals surface area contributed by atoms with E-state index in [9.17, 15) is 32.4 Å². The molecular formula is C31H49N5O9S. The number of urea groups is 1. The highest BCUT2D eigenvalue weighted by molar-refractivity contribution is 7.91. The van der Waals surface area contributed by atoms with Crippen molar-refractivity contribution in [2.75, 3.05) is 19.6 Å². The van der Waals surface area contributed by atoms with Gasteiger partial charge in [-0.1, -0.05) is 26.8 Å². The summed E-state index contributed by atoms with van der Waals surface area (Å²) >= 11 is 0. The van der Waals surface area contributed by atoms with E-state index in [1.165, 1.54) is 11.0 Å². The topological polar surface area (TPSA) is 181 Å². The molecule has 2 aliphatic carbocycles. The average molecular weight is 668 g/mol. The summed E-state index contributed by atoms with van der Waals surface area (Å²) in [5.74, 6) is -2.72. The molecule has 2 heterocycles. The standard InChI is InChI=1S/C31H49N5O9S/c1-8-19-17-31(19,26(39)34-46(42,43)21-12-13-21)33-27(40)36-18-20(44-28(41)35-14-10-9-11-15-35)16-22(36)24(37)32-23(29(2,3)4)25(38)45-30(5,6)7/h8,19-23H,1,9-18H2,2-7H3,(H,32,37)(H,33,40)(H,34,39)/t19?,20-,22-,23+,31?/m0/s1. The van der Waals surface area contributed by atoms with Gasteiger partial charge in [-0.2, -0.15) is 0 Å². The Bertz CT molecular complexity index is 1340. The second kappa shape index (κ2) is 13.0. The third kappa shape index (κ3) is 8.31. The van der Waals surface area contributed by atoms with Gasteiger partial charge < -0.3 is 29.9 Å². The van der Waals surface area contributed by atoms with Gasteiger partial charge in [-0.25, -0.2) is 22.8 Å². The van der Waals surface area contributed by atoms with Gasteiger partial charge >= 0.3 is 18.1 Å². The number of amides is 5. The second-order valence-corrected chi connectivity index (χ2v) is 16.9. The normalized spacial score (nSPS) is 27.2. The van der Waals surface area contributed by atoms with Crippen LogP contribution in [0.3, 0.4) is 0 Å². The summed E-state index contributed by atoms with van der Waals surface area (Å²) < 4.78 is 38.5. The second-order valence-electron chi connectivity index (χ2n) is 14.9. The Hall–Kier alpha value is -3.36. The average Bonchev–Trinajstić information content (AvgIpc) is 3.87. The molecule has 2 saturated carbocycles. The summed E-state index contributed by atoms with van der Waals surface area (Å²) in [6.45, 7) is 15.1. The first-order chi connectivity index (χ1) is 21.3. The van der Waals surface area contributed by atoms with Gasteiger partial charge in [-0.15, -0.1) is 6.58 Å². The Balaban J connectivity index is 1.55. The summed E-state index contributed by atoms with van der Waals surface area (Å²) in [6, 6.07) is -3.07. The van der Waals surface area contributed by atoms with Crippen molar-refractivity contribution in [2.45, 2.75) is 121 Å². The minimum absolute atomic E-state index is 0.0514. The van der Waals surface area contributed by atoms with Crippen LogP contribution in [-0.2, 0) is 33.9 Å². The van der Waals surface area contributed by atoms with E-state index in [1.807, 2.05) is 0 Å². The zero-order valence-corrected chi connectivity index (χ0v) is 28.5. The van der Waals surface area contributed by atoms with Crippen molar-refractivity contribution in [3.63, 3.8) is 0 Å². The van der Waals surface area contributed by atoms with Gasteiger partial charge in [0.2, 0.25) is 15.9 Å². The number of piperidine rings is 1. The number of nitrogens with one attached hydrogen (secondary N) is 3. The van der Waals surface area contributed by atoms with Crippen LogP contribution in [0.2, 0.25) is 0 Å². The van der Waals surface area contributed by atoms with Gasteiger partial charge in [0.25, 0.3) is 5.91 Å². The molecule has 5 amide bonds. The van der Waals surface area contributed by atoms with Crippen molar-refractivity contribution in [2.24, 2.45) is 11.3 Å². The molecular weight excluding hydrogens is 618 g/mol. The number of sulfonamides is 1. The quantitative estimate of drug-likeness (QED) is 0.245. The van der Waals surface area contributed by atoms with Crippen LogP contribution < -0.4 is 15.4 Å². The summed E-state index contributed by atoms with van der Waals surface area (Å²) in [6.07, 6.45) is 3.77. The molecule has 258 valence electrons. The van der Waals surface area contributed by atoms with Crippen LogP contribution in [0.15, 0.2) is 12.7 Å². The van der Waals surface area contributed by atoms with Crippen LogP contribution in [0, 0.1) is 11.3 Å². The number of esters is 1. The number of likely N-dealkylation sites (tertiary alicyclic amines) is 2. The van der Waals surface area contributed by atoms with Crippen molar-refractivity contribution in [1.82, 2.24) is 25.2 Å². The highest BCUT2D eigenvalue weighted by atomic mass is 32.2. The fourth-order valence-electron chi connectivity index (χ4n) is 5.86. The number of hydrogen-bond donors (Lipinski definition) is 3. The van der Waals surface area contributed by atoms with E-state index in [2.05, 4.69) is 21.9 Å². The van der Waals surface area contributed by atoms with E-state index in [4.69, 9.17) is 9.47 Å². The van der Waals surface area contributed by atoms with Crippen molar-refractivity contribution in [3.05, 3.63) is 12.7 Å². The fraction of sp³-hybridized carbons (Fsp3) is 0.774. The predicted octanol–water partition coefficient (Wildman–Crippen LogP) is 2.19. The molecule has 5 atom stereocenters. The van der Waals surface area contributed by atoms with Gasteiger partial charge in [0.05, 0.1) is 11.8 Å². The minimum Gasteiger partial charge on any atom is -0.458 e. The lowest BCUT2D eigenvalue weighted by Crippen LogP contribution is -2.59. The van der Waals surface area contributed by atoms with Gasteiger partial charge in [0.15, 0.2) is 0 Å². The number of hydrogen-bond acceptors (Lipinski definition) is 9. The van der Waals surface area contributed by atoms with Crippen molar-refractivity contribution >= 4 is 39.9 Å². The number of carbonyl (C=O) groups is 5. The fourth-order valence-corrected chi connectivity index (χ4v) is 7.22. The molecule has 15 heteroatoms. The SMILES string of the molecule is C=CC1CC1(NC(=O)N1C[C@@H](OC(=O)N2CCCCC2)C[C@H]1C(=O)N[C@H](C(=O)OC(C)(C)C)C(C)(C)C)C(=O)NS(=O)(=O)C1CC1. The predicted molar refractivity (Wildman–Crippen MR) is 168 cm³/mol. The van der Waals surface area contributed by atoms with Crippen LogP contribution in [-0.4, -0.2) is 102 Å². The maximum Gasteiger partial charge on any atom is 0.410 e. The number of carbonyl (C=O) groups excluding carboxylic acids is 5. The summed E-state index contributed by atoms with van der Waals surface area (Å²) in [7, 11) is -3.89. The number of rotatable bonds is 9. The molecule has 2 unspecified atom stereocenters. The van der Waals surface area contributed by atoms with Crippen LogP contribution in [0.5, 0.6) is 0 Å². The Kier molecular flexibility index (Phi) is 10.1. The van der Waals surface area contributed by atoms with E-state index in [1.54, 1.807) is 46.4 Å². The lowest BCUT2D eigenvalue weighted by molar-refractivity contribution is -0.162. The lowest BCUT2D eigenvalue weighted by atomic mass is 9.86. The van der Waals surface area contributed by atoms with Crippen LogP contribution >= 0.6 is 0 Å². The Morgan fingerprint density at radius 3 is 2.15 bits per heavy atom. The van der Waals surface area contributed by atoms with Gasteiger partial charge in [-0.3, -0.25) is 14.3 Å². The third-order valence-electron chi connectivity index (χ3n) is 8.74. The summed E-state index contributed by atoms with van der Waals surface area (Å²) in [5, 5.41) is 4.78. The molecule has 3 N–H and O–H groups in total. The highest BCUT2D eigenvalue weighted by Crippen LogP contribution is 2.45. The van der Waals surface area contributed by atoms with Crippen molar-refractivity contribution in [1.29, 1.82) is 0 Å². The van der Waals surface area contributed by atoms with E-state index >= 15 is 0 Å². The van der Waals surface area contributed by atoms with Gasteiger partial charge in [-0.05, 0) is 64.7 Å². The van der Waals surface area contributed by atoms with Crippen molar-refractivity contribution in [3.8, 4) is 0 Å². The third-order valence-corrected chi connectivity index (χ3v) is 10.6. The smallest absolute Gasteiger partial charge is 0.410 e. The van der Waals surface area contributed by atoms with E-state index in [0.29, 0.717) is 25.9 Å². The number of ether oxygens (including phenoxy) is 2. The van der Waals surface area contributed by atoms with Gasteiger partial charge in [0, 0.05) is 25.4 Å². The summed E-state index contributed by atoms with van der Waals surface area (Å²) in [5.41, 5.74) is -3.15. The monoisotopic (exact) mass is 667 g/mol. The van der Waals surface area contributed by atoms with Crippen LogP contribution in [0.25, 0.3) is 0 Å². The largest absolute Gasteiger partial charge is 0.458 e. The van der Waals surface area contributed by atoms with Crippen LogP contribution in [0.1, 0.15) is 86.5 Å². The maximum absolute atomic E-state index is 13.9. The maximum atomic E-state index is 13.9. The Morgan fingerprint density at radius 1 is 1.00 bits per heavy atom. The van der Waals surface area contributed by atoms with E-state index in [0.717, 1.165) is 19.3 Å². The van der Waals surface area contributed by atoms with E-state index in [-0.39, 0.29) is 19.4 Å². The highest BCUT2D eigenvalue weighted by Gasteiger charge is 2.62. The number of nitrogens with zero attached hydrogens (tertiary/aromatic N) is 2. The molecule has 0 radical (unpaired) electrons.